The van der Waals surface area contributed by atoms with Crippen LogP contribution in [0.4, 0.5) is 4.39 Å². The van der Waals surface area contributed by atoms with Gasteiger partial charge >= 0.3 is 5.97 Å². The number of carbonyl (C=O) groups excluding carboxylic acids is 1. The molecule has 0 saturated carbocycles. The Morgan fingerprint density at radius 1 is 1.17 bits per heavy atom. The molecule has 2 aromatic rings. The molecule has 0 amide bonds. The molecule has 0 spiro atoms. The zero-order chi connectivity index (χ0) is 21.1. The van der Waals surface area contributed by atoms with E-state index in [1.165, 1.54) is 12.1 Å². The number of aromatic nitrogens is 1. The van der Waals surface area contributed by atoms with E-state index in [9.17, 15) is 24.5 Å². The van der Waals surface area contributed by atoms with Crippen LogP contribution in [0.2, 0.25) is 0 Å². The van der Waals surface area contributed by atoms with Gasteiger partial charge in [-0.2, -0.15) is 0 Å². The number of rotatable bonds is 7. The number of hydrogen-bond acceptors (Lipinski definition) is 5. The molecule has 2 heterocycles. The number of aliphatic hydroxyl groups is 3. The Morgan fingerprint density at radius 2 is 1.83 bits per heavy atom. The van der Waals surface area contributed by atoms with E-state index in [2.05, 4.69) is 0 Å². The molecular formula is C22H28FNO5. The van der Waals surface area contributed by atoms with Gasteiger partial charge in [0.15, 0.2) is 0 Å². The number of carbonyl (C=O) groups is 1. The summed E-state index contributed by atoms with van der Waals surface area (Å²) in [4.78, 5) is 11.7. The number of esters is 1. The molecule has 0 aliphatic carbocycles. The second kappa shape index (κ2) is 9.07. The number of nitrogens with zero attached hydrogens (tertiary/aromatic N) is 1. The Hall–Kier alpha value is -2.22. The Labute approximate surface area is 169 Å². The number of cyclic esters (lactones) is 1. The van der Waals surface area contributed by atoms with Crippen LogP contribution in [-0.4, -0.2) is 38.1 Å². The molecular weight excluding hydrogens is 377 g/mol. The summed E-state index contributed by atoms with van der Waals surface area (Å²) in [5.74, 6) is -0.695. The number of aliphatic hydroxyl groups excluding tert-OH is 3. The third-order valence-corrected chi connectivity index (χ3v) is 5.41. The van der Waals surface area contributed by atoms with Crippen molar-refractivity contribution in [2.75, 3.05) is 0 Å². The van der Waals surface area contributed by atoms with Crippen molar-refractivity contribution in [3.05, 3.63) is 46.9 Å². The lowest BCUT2D eigenvalue weighted by atomic mass is 10.0. The monoisotopic (exact) mass is 405 g/mol. The summed E-state index contributed by atoms with van der Waals surface area (Å²) in [6.07, 6.45) is -0.212. The van der Waals surface area contributed by atoms with E-state index in [0.29, 0.717) is 30.5 Å². The highest BCUT2D eigenvalue weighted by Gasteiger charge is 2.29. The standard InChI is InChI=1S/C22H28FNO5/c1-13(2)21-18(11-25)19(12-26)22(14-3-5-15(23)6-4-14)24(21)8-7-17-9-16(27)10-20(28)29-17/h3-6,13,16-17,25-27H,7-12H2,1-2H3/t16-,17-/m1/s1. The Balaban J connectivity index is 2.04. The smallest absolute Gasteiger partial charge is 0.308 e. The second-order valence-corrected chi connectivity index (χ2v) is 7.81. The molecule has 3 rings (SSSR count). The summed E-state index contributed by atoms with van der Waals surface area (Å²) in [5, 5.41) is 29.9. The molecule has 1 aromatic heterocycles. The fourth-order valence-corrected chi connectivity index (χ4v) is 4.23. The summed E-state index contributed by atoms with van der Waals surface area (Å²) >= 11 is 0. The van der Waals surface area contributed by atoms with Crippen LogP contribution in [0, 0.1) is 5.82 Å². The first-order valence-electron chi connectivity index (χ1n) is 9.95. The van der Waals surface area contributed by atoms with Crippen LogP contribution in [0.5, 0.6) is 0 Å². The Bertz CT molecular complexity index is 859. The van der Waals surface area contributed by atoms with Crippen molar-refractivity contribution in [3.63, 3.8) is 0 Å². The fraction of sp³-hybridized carbons (Fsp3) is 0.500. The average Bonchev–Trinajstić information content (AvgIpc) is 2.99. The molecule has 29 heavy (non-hydrogen) atoms. The van der Waals surface area contributed by atoms with Crippen molar-refractivity contribution in [2.24, 2.45) is 0 Å². The van der Waals surface area contributed by atoms with Crippen molar-refractivity contribution >= 4 is 5.97 Å². The van der Waals surface area contributed by atoms with Crippen molar-refractivity contribution < 1.29 is 29.2 Å². The van der Waals surface area contributed by atoms with E-state index in [1.54, 1.807) is 12.1 Å². The van der Waals surface area contributed by atoms with Crippen LogP contribution in [-0.2, 0) is 29.3 Å². The highest BCUT2D eigenvalue weighted by atomic mass is 19.1. The van der Waals surface area contributed by atoms with Gasteiger partial charge in [-0.05, 0) is 35.7 Å². The van der Waals surface area contributed by atoms with Crippen LogP contribution >= 0.6 is 0 Å². The molecule has 3 N–H and O–H groups in total. The van der Waals surface area contributed by atoms with Gasteiger partial charge in [-0.15, -0.1) is 0 Å². The maximum absolute atomic E-state index is 13.5. The molecule has 1 aromatic carbocycles. The van der Waals surface area contributed by atoms with Crippen molar-refractivity contribution in [2.45, 2.75) is 71.0 Å². The largest absolute Gasteiger partial charge is 0.462 e. The van der Waals surface area contributed by atoms with E-state index in [0.717, 1.165) is 17.0 Å². The van der Waals surface area contributed by atoms with Gasteiger partial charge in [0.1, 0.15) is 11.9 Å². The van der Waals surface area contributed by atoms with Gasteiger partial charge in [0.05, 0.1) is 31.4 Å². The van der Waals surface area contributed by atoms with E-state index in [1.807, 2.05) is 18.4 Å². The minimum atomic E-state index is -0.701. The van der Waals surface area contributed by atoms with Crippen LogP contribution < -0.4 is 0 Å². The first-order valence-corrected chi connectivity index (χ1v) is 9.95. The van der Waals surface area contributed by atoms with Gasteiger partial charge in [0.2, 0.25) is 0 Å². The molecule has 7 heteroatoms. The van der Waals surface area contributed by atoms with Crippen LogP contribution in [0.3, 0.4) is 0 Å². The lowest BCUT2D eigenvalue weighted by Gasteiger charge is -2.27. The molecule has 0 unspecified atom stereocenters. The molecule has 1 saturated heterocycles. The molecule has 1 aliphatic rings. The van der Waals surface area contributed by atoms with Crippen LogP contribution in [0.25, 0.3) is 11.3 Å². The molecule has 6 nitrogen and oxygen atoms in total. The third-order valence-electron chi connectivity index (χ3n) is 5.41. The molecule has 0 radical (unpaired) electrons. The third kappa shape index (κ3) is 4.52. The summed E-state index contributed by atoms with van der Waals surface area (Å²) in [6, 6.07) is 6.02. The SMILES string of the molecule is CC(C)c1c(CO)c(CO)c(-c2ccc(F)cc2)n1CC[C@@H]1C[C@@H](O)CC(=O)O1. The number of benzene rings is 1. The number of ether oxygens (including phenoxy) is 1. The number of hydrogen-bond donors (Lipinski definition) is 3. The van der Waals surface area contributed by atoms with Gasteiger partial charge in [0.25, 0.3) is 0 Å². The minimum Gasteiger partial charge on any atom is -0.462 e. The van der Waals surface area contributed by atoms with Crippen molar-refractivity contribution in [1.29, 1.82) is 0 Å². The van der Waals surface area contributed by atoms with Crippen LogP contribution in [0.1, 0.15) is 55.8 Å². The quantitative estimate of drug-likeness (QED) is 0.616. The molecule has 1 fully saturated rings. The van der Waals surface area contributed by atoms with Crippen LogP contribution in [0.15, 0.2) is 24.3 Å². The molecule has 0 bridgehead atoms. The van der Waals surface area contributed by atoms with Gasteiger partial charge in [-0.3, -0.25) is 4.79 Å². The average molecular weight is 405 g/mol. The Morgan fingerprint density at radius 3 is 2.38 bits per heavy atom. The Kier molecular flexibility index (Phi) is 6.72. The van der Waals surface area contributed by atoms with Gasteiger partial charge in [0, 0.05) is 36.2 Å². The highest BCUT2D eigenvalue weighted by Crippen LogP contribution is 2.36. The topological polar surface area (TPSA) is 91.9 Å². The summed E-state index contributed by atoms with van der Waals surface area (Å²) in [7, 11) is 0. The predicted molar refractivity (Wildman–Crippen MR) is 105 cm³/mol. The minimum absolute atomic E-state index is 0.0153. The molecule has 158 valence electrons. The predicted octanol–water partition coefficient (Wildman–Crippen LogP) is 2.86. The second-order valence-electron chi connectivity index (χ2n) is 7.81. The lowest BCUT2D eigenvalue weighted by molar-refractivity contribution is -0.160. The maximum Gasteiger partial charge on any atom is 0.308 e. The van der Waals surface area contributed by atoms with E-state index in [4.69, 9.17) is 4.74 Å². The number of halogens is 1. The van der Waals surface area contributed by atoms with Crippen molar-refractivity contribution in [1.82, 2.24) is 4.57 Å². The zero-order valence-electron chi connectivity index (χ0n) is 16.8. The van der Waals surface area contributed by atoms with Gasteiger partial charge < -0.3 is 24.6 Å². The zero-order valence-corrected chi connectivity index (χ0v) is 16.8. The van der Waals surface area contributed by atoms with Gasteiger partial charge in [-0.25, -0.2) is 4.39 Å². The fourth-order valence-electron chi connectivity index (χ4n) is 4.23. The molecule has 1 aliphatic heterocycles. The first kappa shape index (κ1) is 21.5. The summed E-state index contributed by atoms with van der Waals surface area (Å²) in [5.41, 5.74) is 3.63. The summed E-state index contributed by atoms with van der Waals surface area (Å²) in [6.45, 7) is 4.00. The highest BCUT2D eigenvalue weighted by molar-refractivity contribution is 5.71. The lowest BCUT2D eigenvalue weighted by Crippen LogP contribution is -2.33. The summed E-state index contributed by atoms with van der Waals surface area (Å²) < 4.78 is 20.8. The van der Waals surface area contributed by atoms with Crippen molar-refractivity contribution in [3.8, 4) is 11.3 Å². The maximum atomic E-state index is 13.5. The van der Waals surface area contributed by atoms with E-state index >= 15 is 0 Å². The van der Waals surface area contributed by atoms with E-state index in [-0.39, 0.29) is 31.4 Å². The van der Waals surface area contributed by atoms with Gasteiger partial charge in [-0.1, -0.05) is 13.8 Å². The molecule has 2 atom stereocenters. The normalized spacial score (nSPS) is 19.6. The van der Waals surface area contributed by atoms with E-state index < -0.39 is 18.2 Å². The first-order chi connectivity index (χ1) is 13.8.